The van der Waals surface area contributed by atoms with Gasteiger partial charge in [0.05, 0.1) is 0 Å². The van der Waals surface area contributed by atoms with E-state index >= 15 is 0 Å². The highest BCUT2D eigenvalue weighted by Crippen LogP contribution is 2.34. The third-order valence-electron chi connectivity index (χ3n) is 3.93. The number of carbonyl (C=O) groups is 1. The van der Waals surface area contributed by atoms with Crippen molar-refractivity contribution in [2.45, 2.75) is 25.9 Å². The van der Waals surface area contributed by atoms with Gasteiger partial charge in [-0.05, 0) is 41.5 Å². The molecule has 1 aromatic carbocycles. The highest BCUT2D eigenvalue weighted by molar-refractivity contribution is 7.10. The molecule has 2 heterocycles. The Labute approximate surface area is 122 Å². The summed E-state index contributed by atoms with van der Waals surface area (Å²) in [6.45, 7) is 3.57. The molecule has 1 aromatic heterocycles. The van der Waals surface area contributed by atoms with Crippen molar-refractivity contribution in [1.82, 2.24) is 4.90 Å². The molecule has 0 amide bonds. The number of thiophene rings is 1. The van der Waals surface area contributed by atoms with E-state index in [1.807, 2.05) is 23.6 Å². The first kappa shape index (κ1) is 13.3. The van der Waals surface area contributed by atoms with Gasteiger partial charge < -0.3 is 5.11 Å². The summed E-state index contributed by atoms with van der Waals surface area (Å²) in [7, 11) is 0. The number of rotatable bonds is 3. The highest BCUT2D eigenvalue weighted by Gasteiger charge is 2.33. The lowest BCUT2D eigenvalue weighted by atomic mass is 9.98. The van der Waals surface area contributed by atoms with E-state index in [-0.39, 0.29) is 0 Å². The Kier molecular flexibility index (Phi) is 3.59. The topological polar surface area (TPSA) is 40.5 Å². The van der Waals surface area contributed by atoms with Crippen molar-refractivity contribution in [2.75, 3.05) is 6.54 Å². The van der Waals surface area contributed by atoms with E-state index in [1.165, 1.54) is 16.0 Å². The Bertz CT molecular complexity index is 635. The van der Waals surface area contributed by atoms with Crippen LogP contribution in [-0.4, -0.2) is 22.5 Å². The minimum absolute atomic E-state index is 0.510. The maximum absolute atomic E-state index is 11.7. The number of carboxylic acid groups (broad SMARTS) is 1. The molecule has 20 heavy (non-hydrogen) atoms. The Hall–Kier alpha value is -1.65. The smallest absolute Gasteiger partial charge is 0.325 e. The van der Waals surface area contributed by atoms with Crippen LogP contribution in [0, 0.1) is 6.92 Å². The number of nitrogens with zero attached hydrogens (tertiary/aromatic N) is 1. The van der Waals surface area contributed by atoms with E-state index in [2.05, 4.69) is 24.0 Å². The van der Waals surface area contributed by atoms with Crippen LogP contribution in [0.1, 0.15) is 27.6 Å². The Morgan fingerprint density at radius 1 is 1.40 bits per heavy atom. The monoisotopic (exact) mass is 287 g/mol. The molecule has 1 unspecified atom stereocenters. The Balaban J connectivity index is 1.90. The molecule has 0 saturated carbocycles. The van der Waals surface area contributed by atoms with E-state index in [4.69, 9.17) is 0 Å². The van der Waals surface area contributed by atoms with Gasteiger partial charge in [0.15, 0.2) is 0 Å². The van der Waals surface area contributed by atoms with Gasteiger partial charge in [-0.3, -0.25) is 9.69 Å². The van der Waals surface area contributed by atoms with Crippen molar-refractivity contribution in [1.29, 1.82) is 0 Å². The van der Waals surface area contributed by atoms with Crippen LogP contribution in [0.15, 0.2) is 35.7 Å². The van der Waals surface area contributed by atoms with Crippen LogP contribution in [0.25, 0.3) is 0 Å². The van der Waals surface area contributed by atoms with Gasteiger partial charge in [-0.1, -0.05) is 24.3 Å². The second-order valence-corrected chi connectivity index (χ2v) is 6.19. The number of aliphatic carboxylic acids is 1. The summed E-state index contributed by atoms with van der Waals surface area (Å²) in [5.41, 5.74) is 3.40. The number of benzene rings is 1. The minimum Gasteiger partial charge on any atom is -0.480 e. The Morgan fingerprint density at radius 3 is 2.95 bits per heavy atom. The highest BCUT2D eigenvalue weighted by atomic mass is 32.1. The first-order chi connectivity index (χ1) is 9.66. The number of aryl methyl sites for hydroxylation is 1. The molecule has 1 aliphatic rings. The lowest BCUT2D eigenvalue weighted by Gasteiger charge is -2.33. The molecule has 3 rings (SSSR count). The normalized spacial score (nSPS) is 18.8. The van der Waals surface area contributed by atoms with Gasteiger partial charge in [-0.15, -0.1) is 11.3 Å². The largest absolute Gasteiger partial charge is 0.480 e. The lowest BCUT2D eigenvalue weighted by Crippen LogP contribution is -2.38. The van der Waals surface area contributed by atoms with Gasteiger partial charge in [0.25, 0.3) is 0 Å². The fourth-order valence-corrected chi connectivity index (χ4v) is 3.74. The second kappa shape index (κ2) is 5.38. The van der Waals surface area contributed by atoms with E-state index in [1.54, 1.807) is 11.3 Å². The van der Waals surface area contributed by atoms with E-state index in [9.17, 15) is 9.90 Å². The zero-order valence-corrected chi connectivity index (χ0v) is 12.2. The minimum atomic E-state index is -0.752. The number of hydrogen-bond acceptors (Lipinski definition) is 3. The summed E-state index contributed by atoms with van der Waals surface area (Å²) >= 11 is 1.67. The van der Waals surface area contributed by atoms with Crippen LogP contribution in [-0.2, 0) is 17.8 Å². The van der Waals surface area contributed by atoms with Crippen molar-refractivity contribution in [3.63, 3.8) is 0 Å². The first-order valence-corrected chi connectivity index (χ1v) is 7.62. The molecule has 3 nitrogen and oxygen atoms in total. The van der Waals surface area contributed by atoms with Gasteiger partial charge in [0.2, 0.25) is 0 Å². The van der Waals surface area contributed by atoms with E-state index in [0.29, 0.717) is 6.54 Å². The van der Waals surface area contributed by atoms with Crippen LogP contribution in [0.3, 0.4) is 0 Å². The van der Waals surface area contributed by atoms with Gasteiger partial charge >= 0.3 is 5.97 Å². The standard InChI is InChI=1S/C16H17NO2S/c1-11-4-2-3-5-12(11)10-17-8-6-14-13(7-9-20-14)15(17)16(18)19/h2-5,7,9,15H,6,8,10H2,1H3,(H,18,19). The zero-order chi connectivity index (χ0) is 14.1. The van der Waals surface area contributed by atoms with Crippen LogP contribution in [0.4, 0.5) is 0 Å². The van der Waals surface area contributed by atoms with Crippen molar-refractivity contribution in [3.05, 3.63) is 57.3 Å². The van der Waals surface area contributed by atoms with Gasteiger partial charge in [0.1, 0.15) is 6.04 Å². The molecule has 1 aliphatic heterocycles. The van der Waals surface area contributed by atoms with Crippen LogP contribution >= 0.6 is 11.3 Å². The number of hydrogen-bond donors (Lipinski definition) is 1. The molecule has 1 atom stereocenters. The summed E-state index contributed by atoms with van der Waals surface area (Å²) in [4.78, 5) is 15.0. The molecular weight excluding hydrogens is 270 g/mol. The Morgan fingerprint density at radius 2 is 2.20 bits per heavy atom. The van der Waals surface area contributed by atoms with Crippen LogP contribution < -0.4 is 0 Å². The fourth-order valence-electron chi connectivity index (χ4n) is 2.83. The predicted octanol–water partition coefficient (Wildman–Crippen LogP) is 3.24. The average Bonchev–Trinajstić information content (AvgIpc) is 2.88. The molecule has 0 fully saturated rings. The molecule has 0 aliphatic carbocycles. The molecule has 4 heteroatoms. The second-order valence-electron chi connectivity index (χ2n) is 5.19. The maximum Gasteiger partial charge on any atom is 0.325 e. The zero-order valence-electron chi connectivity index (χ0n) is 11.4. The summed E-state index contributed by atoms with van der Waals surface area (Å²) < 4.78 is 0. The SMILES string of the molecule is Cc1ccccc1CN1CCc2sccc2C1C(=O)O. The fraction of sp³-hybridized carbons (Fsp3) is 0.312. The molecule has 0 saturated heterocycles. The van der Waals surface area contributed by atoms with Gasteiger partial charge in [-0.2, -0.15) is 0 Å². The van der Waals surface area contributed by atoms with Crippen LogP contribution in [0.2, 0.25) is 0 Å². The molecular formula is C16H17NO2S. The molecule has 1 N–H and O–H groups in total. The summed E-state index contributed by atoms with van der Waals surface area (Å²) in [6, 6.07) is 9.63. The van der Waals surface area contributed by atoms with E-state index < -0.39 is 12.0 Å². The van der Waals surface area contributed by atoms with Crippen LogP contribution in [0.5, 0.6) is 0 Å². The van der Waals surface area contributed by atoms with E-state index in [0.717, 1.165) is 18.5 Å². The van der Waals surface area contributed by atoms with Crippen molar-refractivity contribution in [2.24, 2.45) is 0 Å². The third kappa shape index (κ3) is 2.37. The quantitative estimate of drug-likeness (QED) is 0.942. The maximum atomic E-state index is 11.7. The van der Waals surface area contributed by atoms with Crippen molar-refractivity contribution < 1.29 is 9.90 Å². The summed E-state index contributed by atoms with van der Waals surface area (Å²) in [6.07, 6.45) is 0.947. The summed E-state index contributed by atoms with van der Waals surface area (Å²) in [5, 5.41) is 11.6. The van der Waals surface area contributed by atoms with Crippen molar-refractivity contribution >= 4 is 17.3 Å². The third-order valence-corrected chi connectivity index (χ3v) is 4.93. The van der Waals surface area contributed by atoms with Gasteiger partial charge in [0, 0.05) is 18.0 Å². The lowest BCUT2D eigenvalue weighted by molar-refractivity contribution is -0.144. The molecule has 2 aromatic rings. The molecule has 0 bridgehead atoms. The average molecular weight is 287 g/mol. The van der Waals surface area contributed by atoms with Crippen molar-refractivity contribution in [3.8, 4) is 0 Å². The first-order valence-electron chi connectivity index (χ1n) is 6.74. The molecule has 104 valence electrons. The predicted molar refractivity (Wildman–Crippen MR) is 80.0 cm³/mol. The van der Waals surface area contributed by atoms with Gasteiger partial charge in [-0.25, -0.2) is 0 Å². The number of carboxylic acids is 1. The molecule has 0 spiro atoms. The number of fused-ring (bicyclic) bond motifs is 1. The molecule has 0 radical (unpaired) electrons. The summed E-state index contributed by atoms with van der Waals surface area (Å²) in [5.74, 6) is -0.752.